The molecule has 0 saturated carbocycles. The van der Waals surface area contributed by atoms with E-state index in [2.05, 4.69) is 45.1 Å². The second kappa shape index (κ2) is 3.96. The summed E-state index contributed by atoms with van der Waals surface area (Å²) in [5.41, 5.74) is 4.40. The Bertz CT molecular complexity index is 549. The van der Waals surface area contributed by atoms with Gasteiger partial charge in [0.2, 0.25) is 0 Å². The summed E-state index contributed by atoms with van der Waals surface area (Å²) in [6, 6.07) is 4.57. The van der Waals surface area contributed by atoms with Crippen molar-refractivity contribution in [3.63, 3.8) is 0 Å². The van der Waals surface area contributed by atoms with Crippen molar-refractivity contribution in [3.8, 4) is 0 Å². The van der Waals surface area contributed by atoms with Crippen LogP contribution in [0, 0.1) is 11.3 Å². The van der Waals surface area contributed by atoms with Crippen LogP contribution in [0.2, 0.25) is 0 Å². The fourth-order valence-corrected chi connectivity index (χ4v) is 3.57. The number of aryl methyl sites for hydroxylation is 1. The first-order valence-electron chi connectivity index (χ1n) is 7.39. The molecule has 0 heterocycles. The molecule has 2 unspecified atom stereocenters. The van der Waals surface area contributed by atoms with Crippen LogP contribution in [0.4, 0.5) is 0 Å². The minimum Gasteiger partial charge on any atom is -0.385 e. The summed E-state index contributed by atoms with van der Waals surface area (Å²) in [5, 5.41) is 11.1. The average Bonchev–Trinajstić information content (AvgIpc) is 2.36. The van der Waals surface area contributed by atoms with Gasteiger partial charge in [0.05, 0.1) is 5.60 Å². The molecule has 2 atom stereocenters. The number of hydrogen-bond donors (Lipinski definition) is 1. The number of fused-ring (bicyclic) bond motifs is 2. The van der Waals surface area contributed by atoms with E-state index in [0.29, 0.717) is 5.92 Å². The normalized spacial score (nSPS) is 31.7. The Morgan fingerprint density at radius 3 is 2.63 bits per heavy atom. The van der Waals surface area contributed by atoms with Gasteiger partial charge in [0, 0.05) is 5.41 Å². The fourth-order valence-electron chi connectivity index (χ4n) is 3.57. The average molecular weight is 256 g/mol. The summed E-state index contributed by atoms with van der Waals surface area (Å²) in [6.45, 7) is 8.63. The second-order valence-electron chi connectivity index (χ2n) is 7.05. The highest BCUT2D eigenvalue weighted by Gasteiger charge is 2.48. The Labute approximate surface area is 116 Å². The number of hydrogen-bond acceptors (Lipinski definition) is 1. The van der Waals surface area contributed by atoms with Gasteiger partial charge in [0.1, 0.15) is 0 Å². The first-order chi connectivity index (χ1) is 8.84. The van der Waals surface area contributed by atoms with Gasteiger partial charge in [-0.15, -0.1) is 0 Å². The summed E-state index contributed by atoms with van der Waals surface area (Å²) in [5.74, 6) is 0.493. The molecule has 19 heavy (non-hydrogen) atoms. The number of aliphatic hydroxyl groups is 1. The van der Waals surface area contributed by atoms with E-state index in [9.17, 15) is 5.11 Å². The zero-order chi connectivity index (χ0) is 13.8. The zero-order valence-electron chi connectivity index (χ0n) is 12.5. The maximum atomic E-state index is 11.1. The van der Waals surface area contributed by atoms with Crippen molar-refractivity contribution in [2.75, 3.05) is 0 Å². The van der Waals surface area contributed by atoms with Crippen molar-refractivity contribution in [2.24, 2.45) is 11.3 Å². The van der Waals surface area contributed by atoms with Crippen LogP contribution in [0.15, 0.2) is 18.2 Å². The topological polar surface area (TPSA) is 20.2 Å². The van der Waals surface area contributed by atoms with Crippen LogP contribution < -0.4 is 0 Å². The van der Waals surface area contributed by atoms with E-state index in [4.69, 9.17) is 0 Å². The molecular formula is C18H24O. The number of rotatable bonds is 0. The molecule has 0 spiro atoms. The minimum absolute atomic E-state index is 0.0907. The molecule has 1 N–H and O–H groups in total. The van der Waals surface area contributed by atoms with Crippen LogP contribution in [0.25, 0.3) is 6.08 Å². The van der Waals surface area contributed by atoms with E-state index in [1.165, 1.54) is 16.7 Å². The summed E-state index contributed by atoms with van der Waals surface area (Å²) in [6.07, 6.45) is 7.80. The Morgan fingerprint density at radius 1 is 1.16 bits per heavy atom. The third-order valence-corrected chi connectivity index (χ3v) is 5.78. The van der Waals surface area contributed by atoms with E-state index < -0.39 is 5.60 Å². The van der Waals surface area contributed by atoms with E-state index in [1.807, 2.05) is 6.92 Å². The van der Waals surface area contributed by atoms with Gasteiger partial charge in [0.25, 0.3) is 0 Å². The van der Waals surface area contributed by atoms with Crippen LogP contribution in [-0.2, 0) is 18.4 Å². The maximum Gasteiger partial charge on any atom is 0.0924 e. The molecule has 2 aliphatic rings. The second-order valence-corrected chi connectivity index (χ2v) is 7.05. The van der Waals surface area contributed by atoms with Crippen LogP contribution in [0.5, 0.6) is 0 Å². The molecule has 1 heteroatoms. The summed E-state index contributed by atoms with van der Waals surface area (Å²) < 4.78 is 0. The van der Waals surface area contributed by atoms with E-state index in [1.54, 1.807) is 0 Å². The van der Waals surface area contributed by atoms with Crippen molar-refractivity contribution >= 4 is 6.08 Å². The molecule has 3 rings (SSSR count). The van der Waals surface area contributed by atoms with Crippen LogP contribution in [0.3, 0.4) is 0 Å². The predicted octanol–water partition coefficient (Wildman–Crippen LogP) is 4.07. The Balaban J connectivity index is 2.21. The molecule has 2 aliphatic carbocycles. The molecule has 1 nitrogen and oxygen atoms in total. The van der Waals surface area contributed by atoms with Gasteiger partial charge in [0.15, 0.2) is 0 Å². The summed E-state index contributed by atoms with van der Waals surface area (Å²) in [7, 11) is 0. The summed E-state index contributed by atoms with van der Waals surface area (Å²) >= 11 is 0. The molecule has 1 aromatic rings. The number of benzene rings is 1. The highest BCUT2D eigenvalue weighted by Crippen LogP contribution is 2.51. The van der Waals surface area contributed by atoms with E-state index in [-0.39, 0.29) is 5.41 Å². The standard InChI is InChI=1S/C18H24O/c1-12-9-15-10-13-7-5-6-8-14(13)11-16(15)18(4,19)17(12,2)3/h6,8,10-12,19H,5,7,9H2,1-4H3. The Hall–Kier alpha value is -1.08. The van der Waals surface area contributed by atoms with Gasteiger partial charge < -0.3 is 5.11 Å². The van der Waals surface area contributed by atoms with Gasteiger partial charge in [-0.25, -0.2) is 0 Å². The molecule has 1 aromatic carbocycles. The first-order valence-corrected chi connectivity index (χ1v) is 7.39. The van der Waals surface area contributed by atoms with E-state index in [0.717, 1.165) is 24.8 Å². The molecule has 0 radical (unpaired) electrons. The minimum atomic E-state index is -0.750. The monoisotopic (exact) mass is 256 g/mol. The van der Waals surface area contributed by atoms with Gasteiger partial charge in [-0.3, -0.25) is 0 Å². The lowest BCUT2D eigenvalue weighted by Crippen LogP contribution is -2.48. The van der Waals surface area contributed by atoms with Gasteiger partial charge in [-0.05, 0) is 60.4 Å². The first kappa shape index (κ1) is 12.9. The van der Waals surface area contributed by atoms with Crippen molar-refractivity contribution in [1.82, 2.24) is 0 Å². The van der Waals surface area contributed by atoms with Crippen LogP contribution in [-0.4, -0.2) is 5.11 Å². The van der Waals surface area contributed by atoms with Crippen LogP contribution in [0.1, 0.15) is 56.4 Å². The zero-order valence-corrected chi connectivity index (χ0v) is 12.5. The van der Waals surface area contributed by atoms with Crippen molar-refractivity contribution < 1.29 is 5.11 Å². The smallest absolute Gasteiger partial charge is 0.0924 e. The molecule has 0 bridgehead atoms. The molecule has 0 fully saturated rings. The lowest BCUT2D eigenvalue weighted by molar-refractivity contribution is -0.0952. The largest absolute Gasteiger partial charge is 0.385 e. The lowest BCUT2D eigenvalue weighted by atomic mass is 9.58. The van der Waals surface area contributed by atoms with Crippen molar-refractivity contribution in [2.45, 2.75) is 52.6 Å². The van der Waals surface area contributed by atoms with E-state index >= 15 is 0 Å². The van der Waals surface area contributed by atoms with Gasteiger partial charge in [-0.2, -0.15) is 0 Å². The SMILES string of the molecule is CC1Cc2cc3c(cc2C(C)(O)C1(C)C)C=CCC3. The predicted molar refractivity (Wildman–Crippen MR) is 80.0 cm³/mol. The molecule has 0 aromatic heterocycles. The molecule has 0 amide bonds. The summed E-state index contributed by atoms with van der Waals surface area (Å²) in [4.78, 5) is 0. The Morgan fingerprint density at radius 2 is 1.89 bits per heavy atom. The van der Waals surface area contributed by atoms with Gasteiger partial charge in [-0.1, -0.05) is 39.0 Å². The van der Waals surface area contributed by atoms with Crippen molar-refractivity contribution in [1.29, 1.82) is 0 Å². The molecule has 102 valence electrons. The Kier molecular flexibility index (Phi) is 2.69. The third-order valence-electron chi connectivity index (χ3n) is 5.78. The van der Waals surface area contributed by atoms with Crippen LogP contribution >= 0.6 is 0 Å². The third kappa shape index (κ3) is 1.71. The highest BCUT2D eigenvalue weighted by atomic mass is 16.3. The van der Waals surface area contributed by atoms with Gasteiger partial charge >= 0.3 is 0 Å². The molecule has 0 aliphatic heterocycles. The maximum absolute atomic E-state index is 11.1. The van der Waals surface area contributed by atoms with Crippen molar-refractivity contribution in [3.05, 3.63) is 40.5 Å². The lowest BCUT2D eigenvalue weighted by Gasteiger charge is -2.50. The highest BCUT2D eigenvalue weighted by molar-refractivity contribution is 5.60. The fraction of sp³-hybridized carbons (Fsp3) is 0.556. The molecule has 0 saturated heterocycles. The quantitative estimate of drug-likeness (QED) is 0.742. The number of allylic oxidation sites excluding steroid dienone is 1. The molecular weight excluding hydrogens is 232 g/mol.